The fourth-order valence-electron chi connectivity index (χ4n) is 10.5. The zero-order chi connectivity index (χ0) is 73.6. The molecule has 5 aromatic carbocycles. The van der Waals surface area contributed by atoms with Crippen LogP contribution in [0.2, 0.25) is 157 Å². The van der Waals surface area contributed by atoms with Gasteiger partial charge in [0, 0.05) is 11.4 Å². The number of hydrogen-bond donors (Lipinski definition) is 0. The Morgan fingerprint density at radius 1 is 0.312 bits per heavy atom. The van der Waals surface area contributed by atoms with Crippen molar-refractivity contribution in [3.63, 3.8) is 0 Å². The molecule has 0 atom stereocenters. The Morgan fingerprint density at radius 3 is 0.792 bits per heavy atom. The summed E-state index contributed by atoms with van der Waals surface area (Å²) in [5.41, 5.74) is 15.5. The maximum atomic E-state index is 5.06. The van der Waals surface area contributed by atoms with E-state index in [-0.39, 0.29) is 65.4 Å². The molecule has 18 heteroatoms. The molecule has 0 saturated carbocycles. The van der Waals surface area contributed by atoms with Crippen LogP contribution in [0.25, 0.3) is 29.2 Å². The Bertz CT molecular complexity index is 2800. The minimum Gasteiger partial charge on any atom is -0.668 e. The molecule has 0 saturated heterocycles. The molecule has 0 N–H and O–H groups in total. The van der Waals surface area contributed by atoms with Gasteiger partial charge >= 0.3 is 65.4 Å². The summed E-state index contributed by atoms with van der Waals surface area (Å²) in [6.45, 7) is 85.2. The minimum atomic E-state index is -1.11. The Morgan fingerprint density at radius 2 is 0.562 bits per heavy atom. The van der Waals surface area contributed by atoms with Crippen LogP contribution in [0.15, 0.2) is 155 Å². The average molecular weight is 1590 g/mol. The van der Waals surface area contributed by atoms with Crippen LogP contribution in [0.4, 0.5) is 22.7 Å². The van der Waals surface area contributed by atoms with Gasteiger partial charge in [0.05, 0.1) is 11.4 Å². The van der Waals surface area contributed by atoms with Gasteiger partial charge in [0.15, 0.2) is 0 Å². The van der Waals surface area contributed by atoms with Crippen LogP contribution in [-0.4, -0.2) is 77.3 Å². The first-order valence-corrected chi connectivity index (χ1v) is 62.2. The Labute approximate surface area is 653 Å². The van der Waals surface area contributed by atoms with E-state index in [2.05, 4.69) is 299 Å². The van der Waals surface area contributed by atoms with E-state index in [4.69, 9.17) is 39.2 Å². The third-order valence-electron chi connectivity index (χ3n) is 12.1. The first-order valence-electron chi connectivity index (χ1n) is 34.6. The number of hydrogen-bond acceptors (Lipinski definition) is 2. The zero-order valence-corrected chi connectivity index (χ0v) is 82.4. The van der Waals surface area contributed by atoms with Crippen molar-refractivity contribution in [2.24, 2.45) is 9.98 Å². The molecular weight excluding hydrogens is 1450 g/mol. The molecule has 530 valence electrons. The fraction of sp³-hybridized carbons (Fsp3) is 0.538. The Balaban J connectivity index is -0.000000648. The smallest absolute Gasteiger partial charge is 0.668 e. The number of benzene rings is 5. The summed E-state index contributed by atoms with van der Waals surface area (Å²) in [5.74, 6) is 1.64. The maximum Gasteiger partial charge on any atom is 3.00 e. The molecule has 0 aliphatic carbocycles. The van der Waals surface area contributed by atoms with E-state index >= 15 is 0 Å². The van der Waals surface area contributed by atoms with Crippen molar-refractivity contribution in [1.82, 2.24) is 0 Å². The van der Waals surface area contributed by atoms with Crippen molar-refractivity contribution < 1.29 is 65.4 Å². The van der Waals surface area contributed by atoms with Crippen LogP contribution in [0, 0.1) is 13.8 Å². The van der Waals surface area contributed by atoms with Gasteiger partial charge in [-0.2, -0.15) is 11.4 Å². The van der Waals surface area contributed by atoms with Gasteiger partial charge in [0.25, 0.3) is 0 Å². The molecule has 0 amide bonds. The van der Waals surface area contributed by atoms with E-state index in [1.54, 1.807) is 0 Å². The van der Waals surface area contributed by atoms with E-state index in [0.717, 1.165) is 45.6 Å². The largest absolute Gasteiger partial charge is 3.00 e. The summed E-state index contributed by atoms with van der Waals surface area (Å²) in [6.07, 6.45) is 4.10. The van der Waals surface area contributed by atoms with Gasteiger partial charge in [-0.1, -0.05) is 436 Å². The predicted octanol–water partition coefficient (Wildman–Crippen LogP) is 29.7. The van der Waals surface area contributed by atoms with E-state index < -0.39 is 65.9 Å². The van der Waals surface area contributed by atoms with Gasteiger partial charge in [-0.3, -0.25) is 9.98 Å². The molecule has 0 aliphatic heterocycles. The molecule has 0 fully saturated rings. The summed E-state index contributed by atoms with van der Waals surface area (Å²) < 4.78 is 19.3. The van der Waals surface area contributed by atoms with Gasteiger partial charge in [-0.05, 0) is 74.6 Å². The zero-order valence-electron chi connectivity index (χ0n) is 68.7. The minimum absolute atomic E-state index is 0. The molecule has 96 heavy (non-hydrogen) atoms. The number of allylic oxidation sites excluding steroid dienone is 4. The van der Waals surface area contributed by atoms with Crippen molar-refractivity contribution in [3.05, 3.63) is 207 Å². The van der Waals surface area contributed by atoms with Crippen LogP contribution in [-0.2, 0) is 65.4 Å². The number of aryl methyl sites for hydroxylation is 2. The molecule has 5 rings (SSSR count). The SMILES string of the molecule is CC(/C=C(/C)[N-]c1c(C(C)C)cccc1C(C)C)=Nc1ccc([N-]/C(C)=C\C(C)=Nc2c(C(C)C)cccc2C(C)C)cc1.C[Si](C)(C)[N-][Si](C)(C)C.C[Si](C)(C)[N-][Si](C)(C)C.C[Si](C)(C)[N-][Si](C)(C)C.C[Si](C)(C)[N-][Si](C)(C)C.Cc1ccccc1.Cc1ccccc1.[Y+3].[Y+3]. The molecule has 0 aliphatic rings. The second-order valence-corrected chi connectivity index (χ2v) is 72.4. The first kappa shape index (κ1) is 101. The second kappa shape index (κ2) is 46.8. The predicted molar refractivity (Wildman–Crippen MR) is 457 cm³/mol. The van der Waals surface area contributed by atoms with Gasteiger partial charge < -0.3 is 29.2 Å². The number of para-hydroxylation sites is 2. The Kier molecular flexibility index (Phi) is 49.1. The summed E-state index contributed by atoms with van der Waals surface area (Å²) in [6, 6.07) is 41.6. The van der Waals surface area contributed by atoms with E-state index in [9.17, 15) is 0 Å². The molecule has 0 radical (unpaired) electrons. The number of nitrogens with zero attached hydrogens (tertiary/aromatic N) is 8. The topological polar surface area (TPSA) is 109 Å². The molecule has 0 bridgehead atoms. The van der Waals surface area contributed by atoms with Crippen molar-refractivity contribution in [3.8, 4) is 0 Å². The summed E-state index contributed by atoms with van der Waals surface area (Å²) in [5, 5.41) is 9.88. The van der Waals surface area contributed by atoms with Crippen LogP contribution in [0.3, 0.4) is 0 Å². The van der Waals surface area contributed by atoms with Crippen LogP contribution >= 0.6 is 0 Å². The summed E-state index contributed by atoms with van der Waals surface area (Å²) >= 11 is 0. The monoisotopic (exact) mass is 1590 g/mol. The number of rotatable bonds is 20. The molecular formula is C78H140N8Si8Y2. The summed E-state index contributed by atoms with van der Waals surface area (Å²) in [7, 11) is -8.85. The quantitative estimate of drug-likeness (QED) is 0.0546. The van der Waals surface area contributed by atoms with Crippen LogP contribution < -0.4 is 0 Å². The van der Waals surface area contributed by atoms with Crippen LogP contribution in [0.5, 0.6) is 0 Å². The molecule has 0 aromatic heterocycles. The summed E-state index contributed by atoms with van der Waals surface area (Å²) in [4.78, 5) is 9.88. The Hall–Kier alpha value is -1.70. The third kappa shape index (κ3) is 56.9. The standard InChI is InChI=1S/C40H52N4.2C7H8.4C6H18NSi2.2Y/c1-25(2)35-15-13-16-36(26(3)4)39(35)43-31(11)23-29(9)41-33-19-21-34(22-20-33)42-30(10)24-32(12)44-40-37(27(5)6)17-14-18-38(40)28(7)8;2*1-7-5-3-2-4-6-7;4*1-8(2,3)7-9(4,5)6;;/h13-28H,1-12H3;2*2-6H,1H3;4*1-6H3;;/q-2;;;4*-1;2*+3/b29-23-,32-24-,42-30?,43-31?;;;;;;;;. The average Bonchev–Trinajstić information content (AvgIpc) is 0.829. The molecule has 8 nitrogen and oxygen atoms in total. The third-order valence-corrected chi connectivity index (χ3v) is 33.6. The second-order valence-electron chi connectivity index (χ2n) is 34.1. The van der Waals surface area contributed by atoms with E-state index in [0.29, 0.717) is 23.7 Å². The van der Waals surface area contributed by atoms with Gasteiger partial charge in [-0.25, -0.2) is 0 Å². The van der Waals surface area contributed by atoms with E-state index in [1.807, 2.05) is 88.4 Å². The molecule has 0 spiro atoms. The number of aliphatic imine (C=N–C) groups is 2. The normalized spacial score (nSPS) is 12.7. The molecule has 5 aromatic rings. The van der Waals surface area contributed by atoms with Crippen molar-refractivity contribution in [2.45, 2.75) is 278 Å². The maximum absolute atomic E-state index is 5.06. The van der Waals surface area contributed by atoms with Crippen molar-refractivity contribution in [1.29, 1.82) is 0 Å². The van der Waals surface area contributed by atoms with E-state index in [1.165, 1.54) is 33.4 Å². The van der Waals surface area contributed by atoms with Crippen molar-refractivity contribution >= 4 is 100 Å². The van der Waals surface area contributed by atoms with Gasteiger partial charge in [0.1, 0.15) is 0 Å². The van der Waals surface area contributed by atoms with Gasteiger partial charge in [-0.15, -0.1) is 11.4 Å². The first-order chi connectivity index (χ1) is 42.4. The van der Waals surface area contributed by atoms with Crippen molar-refractivity contribution in [2.75, 3.05) is 0 Å². The molecule has 0 heterocycles. The fourth-order valence-corrected chi connectivity index (χ4v) is 42.7. The van der Waals surface area contributed by atoms with Gasteiger partial charge in [0.2, 0.25) is 0 Å². The molecule has 0 unspecified atom stereocenters. The van der Waals surface area contributed by atoms with Crippen LogP contribution in [0.1, 0.15) is 140 Å².